The number of halogens is 2. The summed E-state index contributed by atoms with van der Waals surface area (Å²) in [5.41, 5.74) is 4.05. The monoisotopic (exact) mass is 464 g/mol. The van der Waals surface area contributed by atoms with E-state index in [-0.39, 0.29) is 17.6 Å². The fraction of sp³-hybridized carbons (Fsp3) is 0.250. The van der Waals surface area contributed by atoms with E-state index in [0.29, 0.717) is 23.9 Å². The second-order valence-electron chi connectivity index (χ2n) is 8.17. The van der Waals surface area contributed by atoms with Crippen LogP contribution >= 0.6 is 11.6 Å². The molecule has 1 aliphatic rings. The number of fused-ring (bicyclic) bond motifs is 1. The van der Waals surface area contributed by atoms with Crippen molar-refractivity contribution in [3.8, 4) is 11.1 Å². The van der Waals surface area contributed by atoms with Crippen molar-refractivity contribution < 1.29 is 9.18 Å². The first-order chi connectivity index (χ1) is 16.1. The Bertz CT molecular complexity index is 1320. The van der Waals surface area contributed by atoms with Gasteiger partial charge in [-0.15, -0.1) is 0 Å². The molecule has 7 nitrogen and oxygen atoms in total. The van der Waals surface area contributed by atoms with Gasteiger partial charge in [0.15, 0.2) is 0 Å². The minimum Gasteiger partial charge on any atom is -0.326 e. The lowest BCUT2D eigenvalue weighted by atomic mass is 9.99. The number of anilines is 1. The number of hydrogen-bond acceptors (Lipinski definition) is 5. The van der Waals surface area contributed by atoms with Gasteiger partial charge in [-0.1, -0.05) is 17.7 Å². The Balaban J connectivity index is 1.43. The first-order valence-electron chi connectivity index (χ1n) is 10.8. The highest BCUT2D eigenvalue weighted by Gasteiger charge is 2.21. The van der Waals surface area contributed by atoms with E-state index in [1.165, 1.54) is 12.3 Å². The molecule has 1 amide bonds. The molecule has 168 valence electrons. The molecular formula is C24H22ClFN6O. The van der Waals surface area contributed by atoms with Crippen LogP contribution in [-0.4, -0.2) is 38.5 Å². The molecule has 3 aromatic heterocycles. The zero-order valence-corrected chi connectivity index (χ0v) is 18.5. The number of nitrogens with zero attached hydrogens (tertiary/aromatic N) is 4. The molecular weight excluding hydrogens is 443 g/mol. The number of nitrogens with one attached hydrogen (secondary N) is 2. The van der Waals surface area contributed by atoms with E-state index in [0.717, 1.165) is 47.1 Å². The lowest BCUT2D eigenvalue weighted by molar-refractivity contribution is -0.120. The molecule has 9 heteroatoms. The first-order valence-corrected chi connectivity index (χ1v) is 11.2. The van der Waals surface area contributed by atoms with E-state index in [1.807, 2.05) is 22.8 Å². The third kappa shape index (κ3) is 4.72. The summed E-state index contributed by atoms with van der Waals surface area (Å²) in [5, 5.41) is 6.65. The molecule has 1 atom stereocenters. The molecule has 1 saturated heterocycles. The Hall–Kier alpha value is -3.36. The van der Waals surface area contributed by atoms with Gasteiger partial charge in [0.25, 0.3) is 0 Å². The molecule has 0 bridgehead atoms. The van der Waals surface area contributed by atoms with Crippen LogP contribution in [-0.2, 0) is 11.3 Å². The zero-order chi connectivity index (χ0) is 22.8. The van der Waals surface area contributed by atoms with Crippen LogP contribution in [0.25, 0.3) is 22.2 Å². The smallest absolute Gasteiger partial charge is 0.229 e. The fourth-order valence-corrected chi connectivity index (χ4v) is 4.33. The minimum atomic E-state index is -0.375. The predicted octanol–water partition coefficient (Wildman–Crippen LogP) is 4.27. The number of hydrogen-bond donors (Lipinski definition) is 2. The van der Waals surface area contributed by atoms with Crippen molar-refractivity contribution in [2.24, 2.45) is 5.92 Å². The van der Waals surface area contributed by atoms with E-state index >= 15 is 0 Å². The predicted molar refractivity (Wildman–Crippen MR) is 125 cm³/mol. The van der Waals surface area contributed by atoms with Crippen LogP contribution < -0.4 is 10.6 Å². The lowest BCUT2D eigenvalue weighted by Crippen LogP contribution is -2.37. The normalized spacial score (nSPS) is 16.1. The SMILES string of the molecule is O=C(Nc1cc(-c2ccc3ncn(Cc4cncc(F)c4)c3c2)c(Cl)cn1)C1CCCNC1. The van der Waals surface area contributed by atoms with E-state index < -0.39 is 0 Å². The largest absolute Gasteiger partial charge is 0.326 e. The first kappa shape index (κ1) is 21.5. The van der Waals surface area contributed by atoms with Crippen molar-refractivity contribution in [2.75, 3.05) is 18.4 Å². The quantitative estimate of drug-likeness (QED) is 0.460. The van der Waals surface area contributed by atoms with Gasteiger partial charge in [0.1, 0.15) is 11.6 Å². The van der Waals surface area contributed by atoms with Crippen molar-refractivity contribution in [2.45, 2.75) is 19.4 Å². The fourth-order valence-electron chi connectivity index (χ4n) is 4.12. The third-order valence-corrected chi connectivity index (χ3v) is 6.12. The molecule has 1 aliphatic heterocycles. The molecule has 1 aromatic carbocycles. The van der Waals surface area contributed by atoms with Gasteiger partial charge in [0.2, 0.25) is 5.91 Å². The average Bonchev–Trinajstić information content (AvgIpc) is 3.23. The number of imidazole rings is 1. The van der Waals surface area contributed by atoms with Crippen molar-refractivity contribution in [3.05, 3.63) is 71.7 Å². The topological polar surface area (TPSA) is 84.7 Å². The molecule has 1 fully saturated rings. The number of piperidine rings is 1. The highest BCUT2D eigenvalue weighted by Crippen LogP contribution is 2.31. The summed E-state index contributed by atoms with van der Waals surface area (Å²) >= 11 is 6.47. The van der Waals surface area contributed by atoms with Crippen molar-refractivity contribution in [1.82, 2.24) is 24.8 Å². The van der Waals surface area contributed by atoms with Crippen LogP contribution in [0, 0.1) is 11.7 Å². The Labute approximate surface area is 195 Å². The van der Waals surface area contributed by atoms with Crippen molar-refractivity contribution in [3.63, 3.8) is 0 Å². The van der Waals surface area contributed by atoms with E-state index in [4.69, 9.17) is 11.6 Å². The molecule has 0 saturated carbocycles. The molecule has 0 aliphatic carbocycles. The summed E-state index contributed by atoms with van der Waals surface area (Å²) in [6.07, 6.45) is 7.93. The number of rotatable bonds is 5. The van der Waals surface area contributed by atoms with Gasteiger partial charge in [0, 0.05) is 24.5 Å². The summed E-state index contributed by atoms with van der Waals surface area (Å²) in [6, 6.07) is 9.07. The standard InChI is InChI=1S/C24H22ClFN6O/c25-20-12-29-23(31-24(33)17-2-1-5-27-10-17)8-19(20)16-3-4-21-22(7-16)32(14-30-21)13-15-6-18(26)11-28-9-15/h3-4,6-9,11-12,14,17,27H,1-2,5,10,13H2,(H,29,31,33). The van der Waals surface area contributed by atoms with Gasteiger partial charge in [0.05, 0.1) is 41.0 Å². The summed E-state index contributed by atoms with van der Waals surface area (Å²) in [7, 11) is 0. The van der Waals surface area contributed by atoms with Crippen LogP contribution in [0.5, 0.6) is 0 Å². The van der Waals surface area contributed by atoms with Crippen LogP contribution in [0.4, 0.5) is 10.2 Å². The number of pyridine rings is 2. The number of benzene rings is 1. The maximum Gasteiger partial charge on any atom is 0.229 e. The maximum atomic E-state index is 13.5. The summed E-state index contributed by atoms with van der Waals surface area (Å²) in [5.74, 6) is -0.0212. The third-order valence-electron chi connectivity index (χ3n) is 5.82. The molecule has 4 heterocycles. The molecule has 2 N–H and O–H groups in total. The Kier molecular flexibility index (Phi) is 6.02. The van der Waals surface area contributed by atoms with Gasteiger partial charge in [-0.3, -0.25) is 9.78 Å². The summed E-state index contributed by atoms with van der Waals surface area (Å²) in [6.45, 7) is 2.06. The van der Waals surface area contributed by atoms with Gasteiger partial charge in [-0.2, -0.15) is 0 Å². The number of amides is 1. The second-order valence-corrected chi connectivity index (χ2v) is 8.58. The Morgan fingerprint density at radius 2 is 2.12 bits per heavy atom. The molecule has 5 rings (SSSR count). The number of carbonyl (C=O) groups is 1. The average molecular weight is 465 g/mol. The van der Waals surface area contributed by atoms with Crippen LogP contribution in [0.15, 0.2) is 55.2 Å². The van der Waals surface area contributed by atoms with Gasteiger partial charge in [-0.05, 0) is 54.8 Å². The van der Waals surface area contributed by atoms with Gasteiger partial charge >= 0.3 is 0 Å². The molecule has 1 unspecified atom stereocenters. The molecule has 0 radical (unpaired) electrons. The summed E-state index contributed by atoms with van der Waals surface area (Å²) in [4.78, 5) is 25.3. The number of carbonyl (C=O) groups excluding carboxylic acids is 1. The van der Waals surface area contributed by atoms with Gasteiger partial charge < -0.3 is 15.2 Å². The van der Waals surface area contributed by atoms with Crippen molar-refractivity contribution in [1.29, 1.82) is 0 Å². The van der Waals surface area contributed by atoms with Crippen molar-refractivity contribution >= 4 is 34.4 Å². The Morgan fingerprint density at radius 1 is 1.21 bits per heavy atom. The lowest BCUT2D eigenvalue weighted by Gasteiger charge is -2.21. The zero-order valence-electron chi connectivity index (χ0n) is 17.8. The molecule has 33 heavy (non-hydrogen) atoms. The van der Waals surface area contributed by atoms with Crippen LogP contribution in [0.3, 0.4) is 0 Å². The van der Waals surface area contributed by atoms with E-state index in [1.54, 1.807) is 24.8 Å². The molecule has 0 spiro atoms. The minimum absolute atomic E-state index is 0.0415. The van der Waals surface area contributed by atoms with Gasteiger partial charge in [-0.25, -0.2) is 14.4 Å². The van der Waals surface area contributed by atoms with E-state index in [9.17, 15) is 9.18 Å². The van der Waals surface area contributed by atoms with Crippen LogP contribution in [0.1, 0.15) is 18.4 Å². The Morgan fingerprint density at radius 3 is 2.94 bits per heavy atom. The van der Waals surface area contributed by atoms with E-state index in [2.05, 4.69) is 25.6 Å². The summed E-state index contributed by atoms with van der Waals surface area (Å²) < 4.78 is 15.5. The van der Waals surface area contributed by atoms with Crippen LogP contribution in [0.2, 0.25) is 5.02 Å². The highest BCUT2D eigenvalue weighted by molar-refractivity contribution is 6.33. The molecule has 4 aromatic rings. The second kappa shape index (κ2) is 9.25. The number of aromatic nitrogens is 4. The maximum absolute atomic E-state index is 13.5. The highest BCUT2D eigenvalue weighted by atomic mass is 35.5.